The molecule has 1 saturated carbocycles. The predicted molar refractivity (Wildman–Crippen MR) is 91.8 cm³/mol. The minimum absolute atomic E-state index is 0.0657. The van der Waals surface area contributed by atoms with Gasteiger partial charge in [-0.2, -0.15) is 0 Å². The number of anilines is 1. The van der Waals surface area contributed by atoms with Crippen LogP contribution in [0.15, 0.2) is 24.3 Å². The number of nitrogens with zero attached hydrogens (tertiary/aromatic N) is 2. The van der Waals surface area contributed by atoms with Gasteiger partial charge >= 0.3 is 0 Å². The zero-order chi connectivity index (χ0) is 17.7. The van der Waals surface area contributed by atoms with Crippen LogP contribution in [0.4, 0.5) is 5.69 Å². The molecular weight excluding hydrogens is 308 g/mol. The molecule has 7 nitrogen and oxygen atoms in total. The van der Waals surface area contributed by atoms with Crippen molar-refractivity contribution >= 4 is 23.4 Å². The second-order valence-corrected chi connectivity index (χ2v) is 6.34. The van der Waals surface area contributed by atoms with Crippen molar-refractivity contribution in [3.8, 4) is 0 Å². The third-order valence-corrected chi connectivity index (χ3v) is 3.64. The van der Waals surface area contributed by atoms with Crippen LogP contribution in [0.1, 0.15) is 23.2 Å². The molecule has 0 atom stereocenters. The van der Waals surface area contributed by atoms with E-state index in [1.54, 1.807) is 50.3 Å². The Hall–Kier alpha value is -2.41. The molecule has 7 heteroatoms. The van der Waals surface area contributed by atoms with Crippen molar-refractivity contribution in [1.82, 2.24) is 15.1 Å². The van der Waals surface area contributed by atoms with E-state index >= 15 is 0 Å². The number of carbonyl (C=O) groups is 3. The molecule has 1 aromatic rings. The smallest absolute Gasteiger partial charge is 0.251 e. The fourth-order valence-electron chi connectivity index (χ4n) is 2.11. The van der Waals surface area contributed by atoms with Crippen LogP contribution in [0, 0.1) is 0 Å². The molecule has 0 saturated heterocycles. The topological polar surface area (TPSA) is 81.8 Å². The molecular formula is C17H24N4O3. The third-order valence-electron chi connectivity index (χ3n) is 3.64. The van der Waals surface area contributed by atoms with Crippen molar-refractivity contribution < 1.29 is 14.4 Å². The zero-order valence-electron chi connectivity index (χ0n) is 14.3. The van der Waals surface area contributed by atoms with Gasteiger partial charge in [-0.25, -0.2) is 0 Å². The Morgan fingerprint density at radius 1 is 1.12 bits per heavy atom. The van der Waals surface area contributed by atoms with Gasteiger partial charge < -0.3 is 15.5 Å². The van der Waals surface area contributed by atoms with Crippen LogP contribution in [-0.4, -0.2) is 67.8 Å². The van der Waals surface area contributed by atoms with Crippen molar-refractivity contribution in [2.45, 2.75) is 18.9 Å². The SMILES string of the molecule is CN(CC(=O)Nc1cccc(C(=O)NC2CC2)c1)CC(=O)N(C)C. The summed E-state index contributed by atoms with van der Waals surface area (Å²) in [4.78, 5) is 38.8. The highest BCUT2D eigenvalue weighted by Crippen LogP contribution is 2.20. The number of nitrogens with one attached hydrogen (secondary N) is 2. The summed E-state index contributed by atoms with van der Waals surface area (Å²) in [6.45, 7) is 0.266. The van der Waals surface area contributed by atoms with E-state index in [1.165, 1.54) is 4.90 Å². The maximum absolute atomic E-state index is 12.1. The molecule has 1 aliphatic carbocycles. The van der Waals surface area contributed by atoms with E-state index < -0.39 is 0 Å². The van der Waals surface area contributed by atoms with Gasteiger partial charge in [0.1, 0.15) is 0 Å². The van der Waals surface area contributed by atoms with E-state index in [-0.39, 0.29) is 30.8 Å². The molecule has 1 aliphatic rings. The Kier molecular flexibility index (Phi) is 5.92. The van der Waals surface area contributed by atoms with E-state index in [1.807, 2.05) is 0 Å². The lowest BCUT2D eigenvalue weighted by Gasteiger charge is -2.18. The van der Waals surface area contributed by atoms with Crippen molar-refractivity contribution in [2.75, 3.05) is 39.5 Å². The normalized spacial score (nSPS) is 13.5. The summed E-state index contributed by atoms with van der Waals surface area (Å²) in [5.41, 5.74) is 1.09. The first-order chi connectivity index (χ1) is 11.3. The quantitative estimate of drug-likeness (QED) is 0.763. The number of likely N-dealkylation sites (N-methyl/N-ethyl adjacent to an activating group) is 2. The maximum atomic E-state index is 12.1. The summed E-state index contributed by atoms with van der Waals surface area (Å²) >= 11 is 0. The molecule has 1 fully saturated rings. The van der Waals surface area contributed by atoms with Crippen LogP contribution < -0.4 is 10.6 Å². The molecule has 0 heterocycles. The average Bonchev–Trinajstić information content (AvgIpc) is 3.30. The maximum Gasteiger partial charge on any atom is 0.251 e. The lowest BCUT2D eigenvalue weighted by Crippen LogP contribution is -2.38. The molecule has 0 unspecified atom stereocenters. The molecule has 2 N–H and O–H groups in total. The average molecular weight is 332 g/mol. The largest absolute Gasteiger partial charge is 0.349 e. The molecule has 2 rings (SSSR count). The van der Waals surface area contributed by atoms with Gasteiger partial charge in [-0.3, -0.25) is 19.3 Å². The molecule has 0 spiro atoms. The number of rotatable bonds is 7. The van der Waals surface area contributed by atoms with Crippen LogP contribution in [0.5, 0.6) is 0 Å². The van der Waals surface area contributed by atoms with Crippen molar-refractivity contribution in [3.05, 3.63) is 29.8 Å². The summed E-state index contributed by atoms with van der Waals surface area (Å²) in [5, 5.41) is 5.67. The molecule has 130 valence electrons. The lowest BCUT2D eigenvalue weighted by atomic mass is 10.2. The minimum atomic E-state index is -0.233. The number of carbonyl (C=O) groups excluding carboxylic acids is 3. The fraction of sp³-hybridized carbons (Fsp3) is 0.471. The monoisotopic (exact) mass is 332 g/mol. The summed E-state index contributed by atoms with van der Waals surface area (Å²) in [6.07, 6.45) is 2.06. The highest BCUT2D eigenvalue weighted by atomic mass is 16.2. The molecule has 0 aromatic heterocycles. The van der Waals surface area contributed by atoms with E-state index in [0.717, 1.165) is 12.8 Å². The van der Waals surface area contributed by atoms with Crippen molar-refractivity contribution in [3.63, 3.8) is 0 Å². The van der Waals surface area contributed by atoms with Crippen molar-refractivity contribution in [2.24, 2.45) is 0 Å². The van der Waals surface area contributed by atoms with E-state index in [9.17, 15) is 14.4 Å². The Morgan fingerprint density at radius 2 is 1.83 bits per heavy atom. The van der Waals surface area contributed by atoms with E-state index in [4.69, 9.17) is 0 Å². The van der Waals surface area contributed by atoms with Gasteiger partial charge in [0.15, 0.2) is 0 Å². The highest BCUT2D eigenvalue weighted by molar-refractivity contribution is 5.97. The molecule has 1 aromatic carbocycles. The van der Waals surface area contributed by atoms with Crippen LogP contribution in [0.2, 0.25) is 0 Å². The second-order valence-electron chi connectivity index (χ2n) is 6.34. The summed E-state index contributed by atoms with van der Waals surface area (Å²) in [6, 6.07) is 7.13. The molecule has 3 amide bonds. The first-order valence-electron chi connectivity index (χ1n) is 7.94. The first kappa shape index (κ1) is 17.9. The van der Waals surface area contributed by atoms with Crippen LogP contribution >= 0.6 is 0 Å². The third kappa shape index (κ3) is 5.66. The minimum Gasteiger partial charge on any atom is -0.349 e. The summed E-state index contributed by atoms with van der Waals surface area (Å²) in [7, 11) is 5.06. The van der Waals surface area contributed by atoms with E-state index in [0.29, 0.717) is 17.3 Å². The fourth-order valence-corrected chi connectivity index (χ4v) is 2.11. The Bertz CT molecular complexity index is 626. The first-order valence-corrected chi connectivity index (χ1v) is 7.94. The lowest BCUT2D eigenvalue weighted by molar-refractivity contribution is -0.130. The Morgan fingerprint density at radius 3 is 2.46 bits per heavy atom. The zero-order valence-corrected chi connectivity index (χ0v) is 14.3. The van der Waals surface area contributed by atoms with Crippen molar-refractivity contribution in [1.29, 1.82) is 0 Å². The Labute approximate surface area is 142 Å². The summed E-state index contributed by atoms with van der Waals surface area (Å²) in [5.74, 6) is -0.421. The second kappa shape index (κ2) is 7.92. The molecule has 0 radical (unpaired) electrons. The van der Waals surface area contributed by atoms with Crippen LogP contribution in [-0.2, 0) is 9.59 Å². The van der Waals surface area contributed by atoms with Gasteiger partial charge in [0.05, 0.1) is 13.1 Å². The van der Waals surface area contributed by atoms with Gasteiger partial charge in [0, 0.05) is 31.4 Å². The number of amides is 3. The van der Waals surface area contributed by atoms with Gasteiger partial charge in [-0.15, -0.1) is 0 Å². The van der Waals surface area contributed by atoms with Gasteiger partial charge in [0.2, 0.25) is 11.8 Å². The molecule has 0 bridgehead atoms. The number of benzene rings is 1. The van der Waals surface area contributed by atoms with Crippen LogP contribution in [0.3, 0.4) is 0 Å². The predicted octanol–water partition coefficient (Wildman–Crippen LogP) is 0.537. The standard InChI is InChI=1S/C17H24N4O3/c1-20(2)16(23)11-21(3)10-15(22)18-14-6-4-5-12(9-14)17(24)19-13-7-8-13/h4-6,9,13H,7-8,10-11H2,1-3H3,(H,18,22)(H,19,24). The Balaban J connectivity index is 1.86. The van der Waals surface area contributed by atoms with Gasteiger partial charge in [-0.1, -0.05) is 6.07 Å². The van der Waals surface area contributed by atoms with Gasteiger partial charge in [0.25, 0.3) is 5.91 Å². The molecule has 24 heavy (non-hydrogen) atoms. The van der Waals surface area contributed by atoms with Crippen LogP contribution in [0.25, 0.3) is 0 Å². The van der Waals surface area contributed by atoms with E-state index in [2.05, 4.69) is 10.6 Å². The number of hydrogen-bond acceptors (Lipinski definition) is 4. The highest BCUT2D eigenvalue weighted by Gasteiger charge is 2.23. The summed E-state index contributed by atoms with van der Waals surface area (Å²) < 4.78 is 0. The van der Waals surface area contributed by atoms with Gasteiger partial charge in [-0.05, 0) is 38.1 Å². The number of hydrogen-bond donors (Lipinski definition) is 2. The molecule has 0 aliphatic heterocycles.